The number of thiophene rings is 1. The number of methoxy groups -OCH3 is 1. The zero-order valence-electron chi connectivity index (χ0n) is 19.9. The van der Waals surface area contributed by atoms with Crippen molar-refractivity contribution < 1.29 is 23.8 Å². The Morgan fingerprint density at radius 1 is 1.08 bits per heavy atom. The lowest BCUT2D eigenvalue weighted by Gasteiger charge is -2.06. The fourth-order valence-corrected chi connectivity index (χ4v) is 4.49. The Balaban J connectivity index is 1.37. The van der Waals surface area contributed by atoms with Gasteiger partial charge in [0.15, 0.2) is 11.6 Å². The van der Waals surface area contributed by atoms with Crippen LogP contribution in [0.5, 0.6) is 5.88 Å². The van der Waals surface area contributed by atoms with E-state index in [0.29, 0.717) is 46.9 Å². The predicted octanol–water partition coefficient (Wildman–Crippen LogP) is 4.10. The SMILES string of the molecule is CCOC(=O)c1ccc(COCc2csc3nc(C(=O)CCc4ccnc(OC)c4)[nH]c(=O)c23)cc1. The maximum absolute atomic E-state index is 12.8. The summed E-state index contributed by atoms with van der Waals surface area (Å²) in [4.78, 5) is 48.8. The molecule has 3 heterocycles. The highest BCUT2D eigenvalue weighted by Gasteiger charge is 2.16. The summed E-state index contributed by atoms with van der Waals surface area (Å²) in [6, 6.07) is 10.6. The molecule has 10 heteroatoms. The minimum atomic E-state index is -0.368. The van der Waals surface area contributed by atoms with E-state index in [0.717, 1.165) is 11.1 Å². The van der Waals surface area contributed by atoms with E-state index in [-0.39, 0.29) is 36.2 Å². The van der Waals surface area contributed by atoms with Gasteiger partial charge in [0, 0.05) is 24.2 Å². The lowest BCUT2D eigenvalue weighted by Crippen LogP contribution is -2.16. The van der Waals surface area contributed by atoms with Crippen molar-refractivity contribution >= 4 is 33.3 Å². The number of ether oxygens (including phenoxy) is 3. The van der Waals surface area contributed by atoms with E-state index in [1.165, 1.54) is 18.4 Å². The molecule has 0 saturated carbocycles. The van der Waals surface area contributed by atoms with Crippen LogP contribution in [0.2, 0.25) is 0 Å². The standard InChI is InChI=1S/C26H25N3O6S/c1-3-35-26(32)18-7-4-17(5-8-18)13-34-14-19-15-36-25-22(19)24(31)28-23(29-25)20(30)9-6-16-10-11-27-21(12-16)33-2/h4-5,7-8,10-12,15H,3,6,9,13-14H2,1-2H3,(H,28,29,31). The second kappa shape index (κ2) is 11.7. The van der Waals surface area contributed by atoms with Gasteiger partial charge in [0.2, 0.25) is 5.88 Å². The van der Waals surface area contributed by atoms with Gasteiger partial charge >= 0.3 is 5.97 Å². The molecule has 4 rings (SSSR count). The monoisotopic (exact) mass is 507 g/mol. The molecule has 0 bridgehead atoms. The van der Waals surface area contributed by atoms with Crippen molar-refractivity contribution in [2.75, 3.05) is 13.7 Å². The van der Waals surface area contributed by atoms with Crippen LogP contribution in [0.1, 0.15) is 51.0 Å². The molecule has 0 aliphatic rings. The van der Waals surface area contributed by atoms with Gasteiger partial charge in [-0.3, -0.25) is 9.59 Å². The number of pyridine rings is 1. The van der Waals surface area contributed by atoms with Gasteiger partial charge in [-0.2, -0.15) is 0 Å². The first-order valence-electron chi connectivity index (χ1n) is 11.3. The van der Waals surface area contributed by atoms with E-state index < -0.39 is 0 Å². The summed E-state index contributed by atoms with van der Waals surface area (Å²) in [7, 11) is 1.53. The number of Topliss-reactive ketones (excluding diaryl/α,β-unsaturated/α-hetero) is 1. The molecule has 4 aromatic rings. The number of ketones is 1. The molecule has 1 aromatic carbocycles. The first-order valence-corrected chi connectivity index (χ1v) is 12.2. The maximum Gasteiger partial charge on any atom is 0.338 e. The van der Waals surface area contributed by atoms with Crippen molar-refractivity contribution in [2.45, 2.75) is 33.0 Å². The Kier molecular flexibility index (Phi) is 8.19. The number of aromatic nitrogens is 3. The van der Waals surface area contributed by atoms with Gasteiger partial charge < -0.3 is 19.2 Å². The first-order chi connectivity index (χ1) is 17.5. The zero-order valence-corrected chi connectivity index (χ0v) is 20.7. The molecule has 9 nitrogen and oxygen atoms in total. The Morgan fingerprint density at radius 3 is 2.64 bits per heavy atom. The number of benzene rings is 1. The summed E-state index contributed by atoms with van der Waals surface area (Å²) < 4.78 is 15.9. The molecule has 0 radical (unpaired) electrons. The lowest BCUT2D eigenvalue weighted by molar-refractivity contribution is 0.0526. The Bertz CT molecular complexity index is 1430. The van der Waals surface area contributed by atoms with Crippen molar-refractivity contribution in [1.82, 2.24) is 15.0 Å². The van der Waals surface area contributed by atoms with Gasteiger partial charge in [0.25, 0.3) is 5.56 Å². The number of carbonyl (C=O) groups excluding carboxylic acids is 2. The number of hydrogen-bond donors (Lipinski definition) is 1. The molecule has 0 amide bonds. The van der Waals surface area contributed by atoms with Crippen LogP contribution in [-0.4, -0.2) is 40.4 Å². The van der Waals surface area contributed by atoms with Crippen LogP contribution in [0.3, 0.4) is 0 Å². The van der Waals surface area contributed by atoms with Crippen LogP contribution in [0.4, 0.5) is 0 Å². The summed E-state index contributed by atoms with van der Waals surface area (Å²) in [5.41, 5.74) is 2.61. The average molecular weight is 508 g/mol. The van der Waals surface area contributed by atoms with Gasteiger partial charge in [-0.1, -0.05) is 12.1 Å². The van der Waals surface area contributed by atoms with E-state index in [4.69, 9.17) is 14.2 Å². The van der Waals surface area contributed by atoms with Crippen LogP contribution in [-0.2, 0) is 29.1 Å². The Labute approximate surface area is 211 Å². The zero-order chi connectivity index (χ0) is 25.5. The fourth-order valence-electron chi connectivity index (χ4n) is 3.57. The highest BCUT2D eigenvalue weighted by Crippen LogP contribution is 2.23. The minimum absolute atomic E-state index is 0.0459. The molecular formula is C26H25N3O6S. The van der Waals surface area contributed by atoms with Gasteiger partial charge in [-0.15, -0.1) is 11.3 Å². The van der Waals surface area contributed by atoms with Crippen LogP contribution < -0.4 is 10.3 Å². The van der Waals surface area contributed by atoms with E-state index in [1.807, 2.05) is 11.4 Å². The van der Waals surface area contributed by atoms with Gasteiger partial charge in [0.05, 0.1) is 37.9 Å². The molecule has 186 valence electrons. The van der Waals surface area contributed by atoms with Crippen molar-refractivity contribution in [3.63, 3.8) is 0 Å². The molecule has 0 aliphatic heterocycles. The van der Waals surface area contributed by atoms with Gasteiger partial charge in [-0.25, -0.2) is 14.8 Å². The van der Waals surface area contributed by atoms with Crippen molar-refractivity contribution in [3.05, 3.63) is 86.4 Å². The van der Waals surface area contributed by atoms with Gasteiger partial charge in [-0.05, 0) is 48.1 Å². The number of rotatable bonds is 11. The fraction of sp³-hybridized carbons (Fsp3) is 0.269. The first kappa shape index (κ1) is 25.2. The molecule has 0 saturated heterocycles. The third-order valence-corrected chi connectivity index (χ3v) is 6.35. The summed E-state index contributed by atoms with van der Waals surface area (Å²) in [5.74, 6) is -0.0846. The number of aromatic amines is 1. The van der Waals surface area contributed by atoms with E-state index in [2.05, 4.69) is 15.0 Å². The molecule has 0 atom stereocenters. The molecular weight excluding hydrogens is 482 g/mol. The van der Waals surface area contributed by atoms with Gasteiger partial charge in [0.1, 0.15) is 4.83 Å². The highest BCUT2D eigenvalue weighted by atomic mass is 32.1. The van der Waals surface area contributed by atoms with Crippen LogP contribution in [0.25, 0.3) is 10.2 Å². The Hall–Kier alpha value is -3.89. The number of carbonyl (C=O) groups is 2. The second-order valence-electron chi connectivity index (χ2n) is 7.90. The normalized spacial score (nSPS) is 10.9. The minimum Gasteiger partial charge on any atom is -0.481 e. The predicted molar refractivity (Wildman–Crippen MR) is 135 cm³/mol. The van der Waals surface area contributed by atoms with E-state index >= 15 is 0 Å². The second-order valence-corrected chi connectivity index (χ2v) is 8.75. The number of esters is 1. The summed E-state index contributed by atoms with van der Waals surface area (Å²) in [6.45, 7) is 2.60. The number of fused-ring (bicyclic) bond motifs is 1. The molecule has 0 aliphatic carbocycles. The Morgan fingerprint density at radius 2 is 1.89 bits per heavy atom. The number of aryl methyl sites for hydroxylation is 1. The van der Waals surface area contributed by atoms with Crippen molar-refractivity contribution in [2.24, 2.45) is 0 Å². The summed E-state index contributed by atoms with van der Waals surface area (Å²) in [5, 5.41) is 2.24. The van der Waals surface area contributed by atoms with Crippen LogP contribution in [0, 0.1) is 0 Å². The van der Waals surface area contributed by atoms with E-state index in [9.17, 15) is 14.4 Å². The number of nitrogens with one attached hydrogen (secondary N) is 1. The molecule has 0 unspecified atom stereocenters. The smallest absolute Gasteiger partial charge is 0.338 e. The number of H-pyrrole nitrogens is 1. The molecule has 1 N–H and O–H groups in total. The van der Waals surface area contributed by atoms with Crippen LogP contribution in [0.15, 0.2) is 52.8 Å². The topological polar surface area (TPSA) is 120 Å². The number of hydrogen-bond acceptors (Lipinski definition) is 9. The third-order valence-electron chi connectivity index (χ3n) is 5.42. The lowest BCUT2D eigenvalue weighted by atomic mass is 10.1. The molecule has 36 heavy (non-hydrogen) atoms. The summed E-state index contributed by atoms with van der Waals surface area (Å²) >= 11 is 1.30. The highest BCUT2D eigenvalue weighted by molar-refractivity contribution is 7.16. The number of nitrogens with zero attached hydrogens (tertiary/aromatic N) is 2. The summed E-state index contributed by atoms with van der Waals surface area (Å²) in [6.07, 6.45) is 2.29. The average Bonchev–Trinajstić information content (AvgIpc) is 3.31. The van der Waals surface area contributed by atoms with Crippen molar-refractivity contribution in [1.29, 1.82) is 0 Å². The maximum atomic E-state index is 12.8. The largest absolute Gasteiger partial charge is 0.481 e. The molecule has 3 aromatic heterocycles. The third kappa shape index (κ3) is 6.02. The molecule has 0 spiro atoms. The molecule has 0 fully saturated rings. The quantitative estimate of drug-likeness (QED) is 0.238. The van der Waals surface area contributed by atoms with E-state index in [1.54, 1.807) is 43.5 Å². The van der Waals surface area contributed by atoms with Crippen LogP contribution >= 0.6 is 11.3 Å². The van der Waals surface area contributed by atoms with Crippen molar-refractivity contribution in [3.8, 4) is 5.88 Å².